The zero-order valence-corrected chi connectivity index (χ0v) is 10.5. The molecule has 1 aromatic carbocycles. The van der Waals surface area contributed by atoms with Gasteiger partial charge < -0.3 is 10.1 Å². The van der Waals surface area contributed by atoms with Gasteiger partial charge in [0.25, 0.3) is 0 Å². The summed E-state index contributed by atoms with van der Waals surface area (Å²) in [6.07, 6.45) is 2.93. The van der Waals surface area contributed by atoms with Crippen molar-refractivity contribution in [2.75, 3.05) is 12.4 Å². The molecule has 0 spiro atoms. The average Bonchev–Trinajstić information content (AvgIpc) is 2.41. The number of nitrogens with one attached hydrogen (secondary N) is 1. The highest BCUT2D eigenvalue weighted by Crippen LogP contribution is 2.33. The summed E-state index contributed by atoms with van der Waals surface area (Å²) in [4.78, 5) is 18.5. The van der Waals surface area contributed by atoms with Gasteiger partial charge in [-0.2, -0.15) is 4.98 Å². The van der Waals surface area contributed by atoms with Crippen LogP contribution >= 0.6 is 0 Å². The van der Waals surface area contributed by atoms with Crippen LogP contribution in [-0.4, -0.2) is 21.9 Å². The lowest BCUT2D eigenvalue weighted by Gasteiger charge is -2.08. The Kier molecular flexibility index (Phi) is 3.56. The van der Waals surface area contributed by atoms with Crippen LogP contribution in [0.4, 0.5) is 11.5 Å². The molecule has 98 valence electrons. The Morgan fingerprint density at radius 1 is 1.37 bits per heavy atom. The Balaban J connectivity index is 2.40. The van der Waals surface area contributed by atoms with Gasteiger partial charge in [0.15, 0.2) is 0 Å². The van der Waals surface area contributed by atoms with Gasteiger partial charge in [0, 0.05) is 13.1 Å². The molecule has 1 aromatic heterocycles. The number of hydrogen-bond donors (Lipinski definition) is 1. The number of para-hydroxylation sites is 1. The zero-order valence-electron chi connectivity index (χ0n) is 10.5. The van der Waals surface area contributed by atoms with Crippen molar-refractivity contribution < 1.29 is 9.66 Å². The quantitative estimate of drug-likeness (QED) is 0.671. The molecule has 1 heterocycles. The number of nitrogens with zero attached hydrogens (tertiary/aromatic N) is 3. The largest absolute Gasteiger partial charge is 0.430 e. The second kappa shape index (κ2) is 5.30. The molecular formula is C12H12N4O3. The van der Waals surface area contributed by atoms with Crippen LogP contribution in [0.15, 0.2) is 30.6 Å². The monoisotopic (exact) mass is 260 g/mol. The van der Waals surface area contributed by atoms with Crippen molar-refractivity contribution in [3.05, 3.63) is 46.3 Å². The molecule has 0 aliphatic heterocycles. The Morgan fingerprint density at radius 2 is 2.16 bits per heavy atom. The van der Waals surface area contributed by atoms with E-state index >= 15 is 0 Å². The van der Waals surface area contributed by atoms with Gasteiger partial charge in [-0.1, -0.05) is 12.1 Å². The lowest BCUT2D eigenvalue weighted by molar-refractivity contribution is -0.385. The standard InChI is InChI=1S/C12H12N4O3/c1-8-4-3-5-9(16(17)18)12(8)19-11-7-14-6-10(13-2)15-11/h3-7H,1-2H3,(H,13,15). The molecule has 0 radical (unpaired) electrons. The number of hydrogen-bond acceptors (Lipinski definition) is 6. The molecule has 19 heavy (non-hydrogen) atoms. The third-order valence-corrected chi connectivity index (χ3v) is 2.46. The first-order valence-electron chi connectivity index (χ1n) is 5.53. The van der Waals surface area contributed by atoms with E-state index in [1.165, 1.54) is 18.5 Å². The van der Waals surface area contributed by atoms with E-state index in [1.807, 2.05) is 0 Å². The molecule has 7 nitrogen and oxygen atoms in total. The lowest BCUT2D eigenvalue weighted by atomic mass is 10.2. The fraction of sp³-hybridized carbons (Fsp3) is 0.167. The topological polar surface area (TPSA) is 90.2 Å². The van der Waals surface area contributed by atoms with E-state index in [1.54, 1.807) is 26.1 Å². The molecule has 0 aliphatic rings. The van der Waals surface area contributed by atoms with Gasteiger partial charge in [0.05, 0.1) is 17.3 Å². The van der Waals surface area contributed by atoms with Crippen LogP contribution in [0.3, 0.4) is 0 Å². The van der Waals surface area contributed by atoms with Crippen molar-refractivity contribution >= 4 is 11.5 Å². The van der Waals surface area contributed by atoms with Gasteiger partial charge in [-0.15, -0.1) is 0 Å². The number of aromatic nitrogens is 2. The minimum atomic E-state index is -0.488. The number of aryl methyl sites for hydroxylation is 1. The average molecular weight is 260 g/mol. The first-order valence-corrected chi connectivity index (χ1v) is 5.53. The predicted octanol–water partition coefficient (Wildman–Crippen LogP) is 2.53. The normalized spacial score (nSPS) is 10.0. The smallest absolute Gasteiger partial charge is 0.311 e. The van der Waals surface area contributed by atoms with Crippen LogP contribution in [0, 0.1) is 17.0 Å². The second-order valence-corrected chi connectivity index (χ2v) is 3.77. The van der Waals surface area contributed by atoms with Crippen LogP contribution in [0.25, 0.3) is 0 Å². The van der Waals surface area contributed by atoms with E-state index in [0.29, 0.717) is 11.4 Å². The molecule has 2 rings (SSSR count). The predicted molar refractivity (Wildman–Crippen MR) is 69.5 cm³/mol. The molecule has 0 saturated heterocycles. The Hall–Kier alpha value is -2.70. The molecule has 0 atom stereocenters. The number of benzene rings is 1. The van der Waals surface area contributed by atoms with Crippen molar-refractivity contribution in [2.45, 2.75) is 6.92 Å². The van der Waals surface area contributed by atoms with Gasteiger partial charge in [-0.3, -0.25) is 15.1 Å². The second-order valence-electron chi connectivity index (χ2n) is 3.77. The first-order chi connectivity index (χ1) is 9.11. The molecule has 0 aliphatic carbocycles. The molecule has 2 aromatic rings. The summed E-state index contributed by atoms with van der Waals surface area (Å²) in [7, 11) is 1.70. The van der Waals surface area contributed by atoms with Gasteiger partial charge >= 0.3 is 5.69 Å². The molecule has 1 N–H and O–H groups in total. The molecule has 0 unspecified atom stereocenters. The third-order valence-electron chi connectivity index (χ3n) is 2.46. The SMILES string of the molecule is CNc1cncc(Oc2c(C)cccc2[N+](=O)[O-])n1. The maximum Gasteiger partial charge on any atom is 0.311 e. The van der Waals surface area contributed by atoms with E-state index in [2.05, 4.69) is 15.3 Å². The lowest BCUT2D eigenvalue weighted by Crippen LogP contribution is -1.99. The minimum absolute atomic E-state index is 0.100. The van der Waals surface area contributed by atoms with Gasteiger partial charge in [0.1, 0.15) is 5.82 Å². The number of nitro benzene ring substituents is 1. The summed E-state index contributed by atoms with van der Waals surface area (Å²) >= 11 is 0. The summed E-state index contributed by atoms with van der Waals surface area (Å²) in [5.74, 6) is 0.896. The highest BCUT2D eigenvalue weighted by Gasteiger charge is 2.18. The maximum atomic E-state index is 11.0. The highest BCUT2D eigenvalue weighted by molar-refractivity contribution is 5.52. The first kappa shape index (κ1) is 12.7. The summed E-state index contributed by atoms with van der Waals surface area (Å²) in [6.45, 7) is 1.73. The third kappa shape index (κ3) is 2.76. The fourth-order valence-corrected chi connectivity index (χ4v) is 1.54. The van der Waals surface area contributed by atoms with Crippen molar-refractivity contribution in [2.24, 2.45) is 0 Å². The molecule has 0 saturated carbocycles. The van der Waals surface area contributed by atoms with E-state index in [-0.39, 0.29) is 17.3 Å². The van der Waals surface area contributed by atoms with E-state index < -0.39 is 4.92 Å². The number of anilines is 1. The van der Waals surface area contributed by atoms with E-state index in [0.717, 1.165) is 0 Å². The van der Waals surface area contributed by atoms with Gasteiger partial charge in [-0.25, -0.2) is 0 Å². The summed E-state index contributed by atoms with van der Waals surface area (Å²) in [5, 5.41) is 13.8. The highest BCUT2D eigenvalue weighted by atomic mass is 16.6. The Morgan fingerprint density at radius 3 is 2.84 bits per heavy atom. The Bertz CT molecular complexity index is 616. The minimum Gasteiger partial charge on any atom is -0.430 e. The van der Waals surface area contributed by atoms with Crippen LogP contribution in [-0.2, 0) is 0 Å². The molecule has 0 amide bonds. The molecular weight excluding hydrogens is 248 g/mol. The van der Waals surface area contributed by atoms with Crippen molar-refractivity contribution in [3.8, 4) is 11.6 Å². The molecule has 7 heteroatoms. The van der Waals surface area contributed by atoms with Gasteiger partial charge in [-0.05, 0) is 12.5 Å². The molecule has 0 bridgehead atoms. The summed E-state index contributed by atoms with van der Waals surface area (Å²) < 4.78 is 5.49. The number of ether oxygens (including phenoxy) is 1. The Labute approximate surface area is 109 Å². The van der Waals surface area contributed by atoms with Crippen molar-refractivity contribution in [1.82, 2.24) is 9.97 Å². The fourth-order valence-electron chi connectivity index (χ4n) is 1.54. The summed E-state index contributed by atoms with van der Waals surface area (Å²) in [5.41, 5.74) is 0.558. The van der Waals surface area contributed by atoms with Crippen LogP contribution in [0.2, 0.25) is 0 Å². The van der Waals surface area contributed by atoms with Crippen LogP contribution < -0.4 is 10.1 Å². The number of nitro groups is 1. The zero-order chi connectivity index (χ0) is 13.8. The van der Waals surface area contributed by atoms with Gasteiger partial charge in [0.2, 0.25) is 11.6 Å². The van der Waals surface area contributed by atoms with Crippen LogP contribution in [0.1, 0.15) is 5.56 Å². The van der Waals surface area contributed by atoms with Crippen molar-refractivity contribution in [3.63, 3.8) is 0 Å². The van der Waals surface area contributed by atoms with Crippen LogP contribution in [0.5, 0.6) is 11.6 Å². The summed E-state index contributed by atoms with van der Waals surface area (Å²) in [6, 6.07) is 4.73. The van der Waals surface area contributed by atoms with E-state index in [4.69, 9.17) is 4.74 Å². The van der Waals surface area contributed by atoms with E-state index in [9.17, 15) is 10.1 Å². The number of rotatable bonds is 4. The maximum absolute atomic E-state index is 11.0. The molecule has 0 fully saturated rings. The van der Waals surface area contributed by atoms with Crippen molar-refractivity contribution in [1.29, 1.82) is 0 Å².